The summed E-state index contributed by atoms with van der Waals surface area (Å²) in [4.78, 5) is 4.72. The van der Waals surface area contributed by atoms with Gasteiger partial charge in [-0.05, 0) is 89.8 Å². The van der Waals surface area contributed by atoms with Crippen LogP contribution < -0.4 is 10.6 Å². The number of alkyl halides is 2. The summed E-state index contributed by atoms with van der Waals surface area (Å²) in [5, 5.41) is 18.0. The van der Waals surface area contributed by atoms with E-state index in [1.165, 1.54) is 25.7 Å². The van der Waals surface area contributed by atoms with Gasteiger partial charge in [-0.25, -0.2) is 4.39 Å². The summed E-state index contributed by atoms with van der Waals surface area (Å²) in [5.41, 5.74) is 0. The van der Waals surface area contributed by atoms with Gasteiger partial charge in [-0.15, -0.1) is 11.6 Å². The lowest BCUT2D eigenvalue weighted by Gasteiger charge is -2.48. The zero-order valence-corrected chi connectivity index (χ0v) is 19.5. The topological polar surface area (TPSA) is 50.8 Å². The number of aliphatic hydroxyl groups is 1. The van der Waals surface area contributed by atoms with E-state index < -0.39 is 6.17 Å². The zero-order chi connectivity index (χ0) is 21.3. The van der Waals surface area contributed by atoms with Crippen LogP contribution in [0.5, 0.6) is 0 Å². The SMILES string of the molecule is CN(C)CCC(O)C1CNC2CCC(C3CCCNC3C3CCC(F)C(Cl)C3)CN21. The molecule has 0 bridgehead atoms. The second-order valence-electron chi connectivity index (χ2n) is 10.6. The number of rotatable bonds is 6. The Labute approximate surface area is 187 Å². The number of hydrogen-bond acceptors (Lipinski definition) is 5. The fraction of sp³-hybridized carbons (Fsp3) is 1.00. The lowest BCUT2D eigenvalue weighted by molar-refractivity contribution is -0.00238. The van der Waals surface area contributed by atoms with Crippen molar-refractivity contribution in [2.24, 2.45) is 17.8 Å². The van der Waals surface area contributed by atoms with Gasteiger partial charge in [-0.2, -0.15) is 0 Å². The number of nitrogens with one attached hydrogen (secondary N) is 2. The molecule has 4 fully saturated rings. The Morgan fingerprint density at radius 2 is 1.93 bits per heavy atom. The molecule has 1 saturated carbocycles. The lowest BCUT2D eigenvalue weighted by atomic mass is 9.69. The average Bonchev–Trinajstić information content (AvgIpc) is 3.17. The fourth-order valence-electron chi connectivity index (χ4n) is 6.69. The Morgan fingerprint density at radius 3 is 2.70 bits per heavy atom. The standard InChI is InChI=1S/C23H42ClFN4O/c1-28(2)11-9-21(30)20-13-27-22-8-6-16(14-29(20)22)17-4-3-10-26-23(17)15-5-7-19(25)18(24)12-15/h15-23,26-27,30H,3-14H2,1-2H3. The van der Waals surface area contributed by atoms with Crippen molar-refractivity contribution in [3.8, 4) is 0 Å². The van der Waals surface area contributed by atoms with Crippen LogP contribution in [0.1, 0.15) is 51.4 Å². The smallest absolute Gasteiger partial charge is 0.116 e. The van der Waals surface area contributed by atoms with Gasteiger partial charge in [-0.3, -0.25) is 4.90 Å². The van der Waals surface area contributed by atoms with Crippen LogP contribution in [0.3, 0.4) is 0 Å². The van der Waals surface area contributed by atoms with Crippen molar-refractivity contribution in [1.29, 1.82) is 0 Å². The van der Waals surface area contributed by atoms with E-state index in [2.05, 4.69) is 34.5 Å². The molecule has 7 heteroatoms. The van der Waals surface area contributed by atoms with Gasteiger partial charge in [0.1, 0.15) is 6.17 Å². The van der Waals surface area contributed by atoms with Crippen LogP contribution in [0.2, 0.25) is 0 Å². The van der Waals surface area contributed by atoms with Crippen LogP contribution >= 0.6 is 11.6 Å². The second-order valence-corrected chi connectivity index (χ2v) is 11.1. The van der Waals surface area contributed by atoms with Crippen molar-refractivity contribution < 1.29 is 9.50 Å². The molecule has 0 amide bonds. The quantitative estimate of drug-likeness (QED) is 0.549. The Kier molecular flexibility index (Phi) is 7.97. The lowest BCUT2D eigenvalue weighted by Crippen LogP contribution is -2.56. The molecule has 4 rings (SSSR count). The normalized spacial score (nSPS) is 44.2. The van der Waals surface area contributed by atoms with E-state index in [0.717, 1.165) is 45.4 Å². The summed E-state index contributed by atoms with van der Waals surface area (Å²) in [6, 6.07) is 0.698. The van der Waals surface area contributed by atoms with E-state index in [-0.39, 0.29) is 17.5 Å². The van der Waals surface area contributed by atoms with Gasteiger partial charge < -0.3 is 20.6 Å². The number of aliphatic hydroxyl groups excluding tert-OH is 1. The maximum atomic E-state index is 14.0. The van der Waals surface area contributed by atoms with Crippen LogP contribution in [-0.2, 0) is 0 Å². The first-order valence-electron chi connectivity index (χ1n) is 12.3. The highest BCUT2D eigenvalue weighted by Crippen LogP contribution is 2.42. The highest BCUT2D eigenvalue weighted by Gasteiger charge is 2.46. The van der Waals surface area contributed by atoms with Gasteiger partial charge in [0.05, 0.1) is 17.6 Å². The monoisotopic (exact) mass is 444 g/mol. The van der Waals surface area contributed by atoms with Crippen LogP contribution in [0.4, 0.5) is 4.39 Å². The van der Waals surface area contributed by atoms with Gasteiger partial charge in [0.25, 0.3) is 0 Å². The molecule has 3 heterocycles. The third-order valence-corrected chi connectivity index (χ3v) is 8.82. The van der Waals surface area contributed by atoms with Gasteiger partial charge >= 0.3 is 0 Å². The van der Waals surface area contributed by atoms with Gasteiger partial charge in [-0.1, -0.05) is 0 Å². The Morgan fingerprint density at radius 1 is 1.13 bits per heavy atom. The molecule has 4 aliphatic rings. The van der Waals surface area contributed by atoms with E-state index >= 15 is 0 Å². The molecular formula is C23H42ClFN4O. The predicted octanol–water partition coefficient (Wildman–Crippen LogP) is 2.42. The van der Waals surface area contributed by atoms with Gasteiger partial charge in [0.2, 0.25) is 0 Å². The van der Waals surface area contributed by atoms with Crippen molar-refractivity contribution in [3.05, 3.63) is 0 Å². The first kappa shape index (κ1) is 23.2. The van der Waals surface area contributed by atoms with Crippen molar-refractivity contribution in [3.63, 3.8) is 0 Å². The molecule has 0 aromatic rings. The first-order chi connectivity index (χ1) is 14.4. The Balaban J connectivity index is 1.40. The van der Waals surface area contributed by atoms with Crippen LogP contribution in [0.15, 0.2) is 0 Å². The highest BCUT2D eigenvalue weighted by atomic mass is 35.5. The molecule has 3 saturated heterocycles. The number of fused-ring (bicyclic) bond motifs is 1. The Bertz CT molecular complexity index is 555. The Hall–Kier alpha value is 0.0200. The maximum Gasteiger partial charge on any atom is 0.116 e. The molecule has 0 spiro atoms. The molecule has 0 aromatic heterocycles. The summed E-state index contributed by atoms with van der Waals surface area (Å²) in [6.07, 6.45) is 7.44. The van der Waals surface area contributed by atoms with E-state index in [9.17, 15) is 9.50 Å². The third-order valence-electron chi connectivity index (χ3n) is 8.36. The summed E-state index contributed by atoms with van der Waals surface area (Å²) in [6.45, 7) is 3.97. The molecule has 3 N–H and O–H groups in total. The third kappa shape index (κ3) is 5.15. The molecule has 5 nitrogen and oxygen atoms in total. The number of halogens is 2. The van der Waals surface area contributed by atoms with Crippen LogP contribution in [0.25, 0.3) is 0 Å². The average molecular weight is 445 g/mol. The molecule has 174 valence electrons. The largest absolute Gasteiger partial charge is 0.391 e. The summed E-state index contributed by atoms with van der Waals surface area (Å²) in [5.74, 6) is 1.80. The zero-order valence-electron chi connectivity index (χ0n) is 18.8. The number of hydrogen-bond donors (Lipinski definition) is 3. The molecule has 30 heavy (non-hydrogen) atoms. The molecule has 3 aliphatic heterocycles. The minimum absolute atomic E-state index is 0.224. The first-order valence-corrected chi connectivity index (χ1v) is 12.7. The minimum Gasteiger partial charge on any atom is -0.391 e. The van der Waals surface area contributed by atoms with Crippen LogP contribution in [-0.4, -0.2) is 91.1 Å². The summed E-state index contributed by atoms with van der Waals surface area (Å²) < 4.78 is 14.0. The highest BCUT2D eigenvalue weighted by molar-refractivity contribution is 6.21. The van der Waals surface area contributed by atoms with Crippen molar-refractivity contribution >= 4 is 11.6 Å². The second kappa shape index (κ2) is 10.3. The van der Waals surface area contributed by atoms with Crippen molar-refractivity contribution in [2.45, 2.75) is 87.3 Å². The molecule has 9 atom stereocenters. The van der Waals surface area contributed by atoms with Gasteiger partial charge in [0.15, 0.2) is 0 Å². The van der Waals surface area contributed by atoms with E-state index in [1.54, 1.807) is 0 Å². The number of piperidine rings is 2. The minimum atomic E-state index is -0.833. The van der Waals surface area contributed by atoms with E-state index in [0.29, 0.717) is 36.4 Å². The molecule has 1 aliphatic carbocycles. The fourth-order valence-corrected chi connectivity index (χ4v) is 7.05. The molecule has 9 unspecified atom stereocenters. The summed E-state index contributed by atoms with van der Waals surface area (Å²) in [7, 11) is 4.13. The van der Waals surface area contributed by atoms with Crippen molar-refractivity contribution in [2.75, 3.05) is 40.3 Å². The summed E-state index contributed by atoms with van der Waals surface area (Å²) >= 11 is 6.34. The van der Waals surface area contributed by atoms with Gasteiger partial charge in [0, 0.05) is 31.7 Å². The molecule has 0 radical (unpaired) electrons. The van der Waals surface area contributed by atoms with E-state index in [4.69, 9.17) is 11.6 Å². The molecule has 0 aromatic carbocycles. The number of nitrogens with zero attached hydrogens (tertiary/aromatic N) is 2. The predicted molar refractivity (Wildman–Crippen MR) is 121 cm³/mol. The molecular weight excluding hydrogens is 403 g/mol. The van der Waals surface area contributed by atoms with Crippen molar-refractivity contribution in [1.82, 2.24) is 20.4 Å². The van der Waals surface area contributed by atoms with Crippen LogP contribution in [0, 0.1) is 17.8 Å². The maximum absolute atomic E-state index is 14.0. The van der Waals surface area contributed by atoms with E-state index in [1.807, 2.05) is 0 Å².